The fourth-order valence-electron chi connectivity index (χ4n) is 1.84. The Morgan fingerprint density at radius 2 is 2.10 bits per heavy atom. The van der Waals surface area contributed by atoms with Crippen LogP contribution in [0.15, 0.2) is 29.2 Å². The van der Waals surface area contributed by atoms with Gasteiger partial charge in [-0.2, -0.15) is 8.78 Å². The molecule has 1 saturated heterocycles. The molecule has 2 rings (SSSR count). The van der Waals surface area contributed by atoms with E-state index in [9.17, 15) is 18.4 Å². The van der Waals surface area contributed by atoms with Gasteiger partial charge in [-0.1, -0.05) is 23.9 Å². The van der Waals surface area contributed by atoms with E-state index in [0.717, 1.165) is 0 Å². The number of benzene rings is 1. The molecule has 8 heteroatoms. The van der Waals surface area contributed by atoms with Crippen molar-refractivity contribution in [2.45, 2.75) is 16.7 Å². The summed E-state index contributed by atoms with van der Waals surface area (Å²) >= 11 is 1.62. The van der Waals surface area contributed by atoms with Gasteiger partial charge in [0.25, 0.3) is 11.7 Å². The van der Waals surface area contributed by atoms with Crippen molar-refractivity contribution in [3.05, 3.63) is 29.8 Å². The number of amides is 1. The fourth-order valence-corrected chi connectivity index (χ4v) is 3.62. The molecule has 0 unspecified atom stereocenters. The summed E-state index contributed by atoms with van der Waals surface area (Å²) in [5, 5.41) is 9.06. The van der Waals surface area contributed by atoms with E-state index >= 15 is 0 Å². The van der Waals surface area contributed by atoms with E-state index < -0.39 is 23.7 Å². The van der Waals surface area contributed by atoms with Crippen LogP contribution < -0.4 is 0 Å². The Bertz CT molecular complexity index is 527. The summed E-state index contributed by atoms with van der Waals surface area (Å²) in [6.45, 7) is 0. The van der Waals surface area contributed by atoms with Crippen LogP contribution in [0.3, 0.4) is 0 Å². The van der Waals surface area contributed by atoms with E-state index in [0.29, 0.717) is 5.75 Å². The molecule has 0 spiro atoms. The monoisotopic (exact) mass is 319 g/mol. The molecule has 1 amide bonds. The van der Waals surface area contributed by atoms with Crippen molar-refractivity contribution in [1.82, 2.24) is 4.90 Å². The van der Waals surface area contributed by atoms with E-state index in [2.05, 4.69) is 0 Å². The molecule has 1 N–H and O–H groups in total. The Morgan fingerprint density at radius 3 is 2.75 bits per heavy atom. The smallest absolute Gasteiger partial charge is 0.327 e. The lowest BCUT2D eigenvalue weighted by Gasteiger charge is -2.21. The maximum Gasteiger partial charge on any atom is 0.327 e. The first-order chi connectivity index (χ1) is 9.50. The van der Waals surface area contributed by atoms with Crippen molar-refractivity contribution < 1.29 is 23.5 Å². The van der Waals surface area contributed by atoms with Crippen molar-refractivity contribution in [2.24, 2.45) is 0 Å². The molecule has 1 aliphatic rings. The molecule has 1 atom stereocenters. The molecule has 1 aliphatic heterocycles. The number of hydrogen-bond donors (Lipinski definition) is 1. The zero-order valence-corrected chi connectivity index (χ0v) is 11.8. The second kappa shape index (κ2) is 6.45. The molecular formula is C12H11F2NO3S2. The summed E-state index contributed by atoms with van der Waals surface area (Å²) in [6, 6.07) is 5.10. The third-order valence-corrected chi connectivity index (χ3v) is 4.56. The summed E-state index contributed by atoms with van der Waals surface area (Å²) < 4.78 is 25.0. The van der Waals surface area contributed by atoms with Crippen molar-refractivity contribution >= 4 is 35.4 Å². The minimum Gasteiger partial charge on any atom is -0.480 e. The summed E-state index contributed by atoms with van der Waals surface area (Å²) in [5.74, 6) is -3.67. The average molecular weight is 319 g/mol. The molecule has 20 heavy (non-hydrogen) atoms. The third kappa shape index (κ3) is 3.24. The van der Waals surface area contributed by atoms with Crippen molar-refractivity contribution in [2.75, 3.05) is 11.6 Å². The number of nitrogens with zero attached hydrogens (tertiary/aromatic N) is 1. The van der Waals surface area contributed by atoms with Crippen molar-refractivity contribution in [3.63, 3.8) is 0 Å². The summed E-state index contributed by atoms with van der Waals surface area (Å²) in [6.07, 6.45) is 0. The van der Waals surface area contributed by atoms with E-state index in [4.69, 9.17) is 5.11 Å². The van der Waals surface area contributed by atoms with Gasteiger partial charge in [0.05, 0.1) is 11.4 Å². The van der Waals surface area contributed by atoms with Gasteiger partial charge in [-0.05, 0) is 12.1 Å². The molecule has 1 aromatic rings. The lowest BCUT2D eigenvalue weighted by Crippen LogP contribution is -2.41. The minimum absolute atomic E-state index is 0.117. The number of carboxylic acid groups (broad SMARTS) is 1. The SMILES string of the molecule is O=C(O)[C@@H]1CSCN1C(=O)c1ccccc1SC(F)F. The second-order valence-corrected chi connectivity index (χ2v) is 6.04. The van der Waals surface area contributed by atoms with Gasteiger partial charge in [0.2, 0.25) is 0 Å². The highest BCUT2D eigenvalue weighted by Gasteiger charge is 2.35. The second-order valence-electron chi connectivity index (χ2n) is 4.00. The lowest BCUT2D eigenvalue weighted by atomic mass is 10.2. The number of thioether (sulfide) groups is 2. The van der Waals surface area contributed by atoms with Crippen LogP contribution in [0.4, 0.5) is 8.78 Å². The lowest BCUT2D eigenvalue weighted by molar-refractivity contribution is -0.140. The van der Waals surface area contributed by atoms with Gasteiger partial charge in [-0.3, -0.25) is 4.79 Å². The van der Waals surface area contributed by atoms with Crippen molar-refractivity contribution in [1.29, 1.82) is 0 Å². The van der Waals surface area contributed by atoms with Crippen LogP contribution in [0.5, 0.6) is 0 Å². The molecule has 1 aromatic carbocycles. The predicted molar refractivity (Wildman–Crippen MR) is 73.2 cm³/mol. The first-order valence-electron chi connectivity index (χ1n) is 5.66. The molecule has 4 nitrogen and oxygen atoms in total. The highest BCUT2D eigenvalue weighted by Crippen LogP contribution is 2.31. The van der Waals surface area contributed by atoms with Crippen LogP contribution in [0.1, 0.15) is 10.4 Å². The van der Waals surface area contributed by atoms with E-state index in [1.54, 1.807) is 12.1 Å². The van der Waals surface area contributed by atoms with Crippen molar-refractivity contribution in [3.8, 4) is 0 Å². The van der Waals surface area contributed by atoms with Gasteiger partial charge in [0, 0.05) is 10.6 Å². The minimum atomic E-state index is -2.63. The molecule has 108 valence electrons. The first-order valence-corrected chi connectivity index (χ1v) is 7.69. The molecule has 0 saturated carbocycles. The molecular weight excluding hydrogens is 308 g/mol. The van der Waals surface area contributed by atoms with Gasteiger partial charge in [-0.25, -0.2) is 4.79 Å². The van der Waals surface area contributed by atoms with Gasteiger partial charge in [0.1, 0.15) is 6.04 Å². The Labute approximate surface area is 122 Å². The highest BCUT2D eigenvalue weighted by atomic mass is 32.2. The van der Waals surface area contributed by atoms with Crippen LogP contribution in [-0.4, -0.2) is 45.3 Å². The molecule has 0 bridgehead atoms. The zero-order valence-electron chi connectivity index (χ0n) is 10.2. The predicted octanol–water partition coefficient (Wildman–Crippen LogP) is 2.60. The van der Waals surface area contributed by atoms with Gasteiger partial charge >= 0.3 is 5.97 Å². The zero-order chi connectivity index (χ0) is 14.7. The summed E-state index contributed by atoms with van der Waals surface area (Å²) in [7, 11) is 0. The number of halogens is 2. The number of carboxylic acids is 1. The van der Waals surface area contributed by atoms with Crippen LogP contribution in [0.25, 0.3) is 0 Å². The Kier molecular flexibility index (Phi) is 4.87. The van der Waals surface area contributed by atoms with Gasteiger partial charge < -0.3 is 10.0 Å². The van der Waals surface area contributed by atoms with Gasteiger partial charge in [0.15, 0.2) is 0 Å². The number of carbonyl (C=O) groups excluding carboxylic acids is 1. The highest BCUT2D eigenvalue weighted by molar-refractivity contribution is 7.99. The Morgan fingerprint density at radius 1 is 1.40 bits per heavy atom. The maximum absolute atomic E-state index is 12.5. The number of aliphatic carboxylic acids is 1. The first kappa shape index (κ1) is 15.1. The molecule has 1 heterocycles. The third-order valence-electron chi connectivity index (χ3n) is 2.76. The molecule has 1 fully saturated rings. The van der Waals surface area contributed by atoms with E-state index in [1.165, 1.54) is 28.8 Å². The van der Waals surface area contributed by atoms with Crippen LogP contribution in [0, 0.1) is 0 Å². The molecule has 0 aliphatic carbocycles. The summed E-state index contributed by atoms with van der Waals surface area (Å²) in [5.41, 5.74) is 0.117. The Hall–Kier alpha value is -1.28. The molecule has 0 aromatic heterocycles. The van der Waals surface area contributed by atoms with Crippen LogP contribution >= 0.6 is 23.5 Å². The topological polar surface area (TPSA) is 57.6 Å². The number of rotatable bonds is 4. The maximum atomic E-state index is 12.5. The molecule has 0 radical (unpaired) electrons. The van der Waals surface area contributed by atoms with E-state index in [1.807, 2.05) is 0 Å². The van der Waals surface area contributed by atoms with Crippen LogP contribution in [-0.2, 0) is 4.79 Å². The number of alkyl halides is 2. The Balaban J connectivity index is 2.27. The quantitative estimate of drug-likeness (QED) is 0.865. The van der Waals surface area contributed by atoms with Crippen LogP contribution in [0.2, 0.25) is 0 Å². The largest absolute Gasteiger partial charge is 0.480 e. The normalized spacial score (nSPS) is 18.6. The van der Waals surface area contributed by atoms with E-state index in [-0.39, 0.29) is 28.1 Å². The summed E-state index contributed by atoms with van der Waals surface area (Å²) in [4.78, 5) is 24.8. The average Bonchev–Trinajstić information content (AvgIpc) is 2.87. The number of hydrogen-bond acceptors (Lipinski definition) is 4. The number of carbonyl (C=O) groups is 2. The standard InChI is InChI=1S/C12H11F2NO3S2/c13-12(14)20-9-4-2-1-3-7(9)10(16)15-6-19-5-8(15)11(17)18/h1-4,8,12H,5-6H2,(H,17,18)/t8-/m0/s1. The van der Waals surface area contributed by atoms with Gasteiger partial charge in [-0.15, -0.1) is 11.8 Å². The fraction of sp³-hybridized carbons (Fsp3) is 0.333.